The summed E-state index contributed by atoms with van der Waals surface area (Å²) in [5.74, 6) is 0.315. The van der Waals surface area contributed by atoms with Crippen molar-refractivity contribution in [3.63, 3.8) is 0 Å². The second-order valence-electron chi connectivity index (χ2n) is 8.34. The number of alkyl carbamates (subject to hydrolysis) is 1. The van der Waals surface area contributed by atoms with Crippen LogP contribution in [0.15, 0.2) is 29.6 Å². The first kappa shape index (κ1) is 22.2. The highest BCUT2D eigenvalue weighted by Crippen LogP contribution is 2.39. The molecule has 2 aromatic heterocycles. The molecule has 0 spiro atoms. The molecule has 0 radical (unpaired) electrons. The summed E-state index contributed by atoms with van der Waals surface area (Å²) in [5.41, 5.74) is 0.664. The van der Waals surface area contributed by atoms with Gasteiger partial charge in [-0.15, -0.1) is 11.3 Å². The van der Waals surface area contributed by atoms with Crippen molar-refractivity contribution in [2.45, 2.75) is 68.9 Å². The van der Waals surface area contributed by atoms with Crippen LogP contribution < -0.4 is 5.32 Å². The Morgan fingerprint density at radius 3 is 2.61 bits per heavy atom. The molecule has 10 heteroatoms. The Morgan fingerprint density at radius 2 is 1.97 bits per heavy atom. The minimum absolute atomic E-state index is 0.121. The lowest BCUT2D eigenvalue weighted by atomic mass is 9.86. The van der Waals surface area contributed by atoms with Gasteiger partial charge in [0, 0.05) is 49.2 Å². The maximum atomic E-state index is 12.9. The quantitative estimate of drug-likeness (QED) is 0.698. The number of nitrogens with one attached hydrogen (secondary N) is 1. The van der Waals surface area contributed by atoms with Crippen molar-refractivity contribution < 1.29 is 17.9 Å². The first-order chi connectivity index (χ1) is 14.8. The Morgan fingerprint density at radius 1 is 1.23 bits per heavy atom. The molecule has 1 N–H and O–H groups in total. The van der Waals surface area contributed by atoms with Gasteiger partial charge in [-0.05, 0) is 52.0 Å². The number of carbonyl (C=O) groups excluding carboxylic acids is 1. The topological polar surface area (TPSA) is 101 Å². The van der Waals surface area contributed by atoms with Crippen LogP contribution in [0, 0.1) is 0 Å². The first-order valence-corrected chi connectivity index (χ1v) is 13.0. The minimum atomic E-state index is -3.53. The molecule has 4 rings (SSSR count). The molecule has 1 saturated carbocycles. The highest BCUT2D eigenvalue weighted by Gasteiger charge is 2.32. The fourth-order valence-electron chi connectivity index (χ4n) is 3.96. The molecule has 2 fully saturated rings. The van der Waals surface area contributed by atoms with Crippen LogP contribution in [0.4, 0.5) is 4.79 Å². The van der Waals surface area contributed by atoms with Crippen LogP contribution in [-0.4, -0.2) is 54.0 Å². The summed E-state index contributed by atoms with van der Waals surface area (Å²) >= 11 is 1.55. The molecule has 0 unspecified atom stereocenters. The van der Waals surface area contributed by atoms with Crippen LogP contribution in [0.1, 0.15) is 56.9 Å². The monoisotopic (exact) mass is 464 g/mol. The molecule has 2 aromatic rings. The normalized spacial score (nSPS) is 22.2. The van der Waals surface area contributed by atoms with E-state index < -0.39 is 10.0 Å². The lowest BCUT2D eigenvalue weighted by Gasteiger charge is -2.30. The molecule has 168 valence electrons. The number of aromatic nitrogens is 2. The fourth-order valence-corrected chi connectivity index (χ4v) is 6.81. The molecular formula is C21H28N4O4S2. The third-order valence-corrected chi connectivity index (χ3v) is 8.87. The molecule has 31 heavy (non-hydrogen) atoms. The van der Waals surface area contributed by atoms with Crippen molar-refractivity contribution in [1.29, 1.82) is 0 Å². The van der Waals surface area contributed by atoms with Gasteiger partial charge in [0.1, 0.15) is 4.90 Å². The zero-order valence-corrected chi connectivity index (χ0v) is 19.4. The molecule has 8 nitrogen and oxygen atoms in total. The first-order valence-electron chi connectivity index (χ1n) is 10.7. The SMILES string of the molecule is CC(C)OC(=O)NC1CCC(c2ncc(-c3ccncc3S(=O)(=O)N3CCC3)s2)CC1. The molecule has 1 aliphatic heterocycles. The van der Waals surface area contributed by atoms with E-state index in [9.17, 15) is 13.2 Å². The molecule has 0 bridgehead atoms. The average Bonchev–Trinajstić information content (AvgIpc) is 3.16. The van der Waals surface area contributed by atoms with Crippen LogP contribution in [0.2, 0.25) is 0 Å². The van der Waals surface area contributed by atoms with Gasteiger partial charge in [0.25, 0.3) is 0 Å². The molecule has 1 amide bonds. The van der Waals surface area contributed by atoms with Gasteiger partial charge in [-0.2, -0.15) is 4.31 Å². The van der Waals surface area contributed by atoms with Crippen LogP contribution in [0.3, 0.4) is 0 Å². The number of rotatable bonds is 6. The largest absolute Gasteiger partial charge is 0.447 e. The standard InChI is InChI=1S/C21H28N4O4S2/c1-14(2)29-21(26)24-16-6-4-15(5-7-16)20-23-12-18(30-20)17-8-9-22-13-19(17)31(27,28)25-10-3-11-25/h8-9,12-16H,3-7,10-11H2,1-2H3,(H,24,26). The highest BCUT2D eigenvalue weighted by atomic mass is 32.2. The third-order valence-electron chi connectivity index (χ3n) is 5.75. The van der Waals surface area contributed by atoms with E-state index in [0.717, 1.165) is 42.0 Å². The van der Waals surface area contributed by atoms with E-state index in [1.54, 1.807) is 29.8 Å². The van der Waals surface area contributed by atoms with Crippen LogP contribution in [-0.2, 0) is 14.8 Å². The van der Waals surface area contributed by atoms with Crippen LogP contribution in [0.5, 0.6) is 0 Å². The maximum absolute atomic E-state index is 12.9. The Kier molecular flexibility index (Phi) is 6.59. The second-order valence-corrected chi connectivity index (χ2v) is 11.3. The van der Waals surface area contributed by atoms with Crippen molar-refractivity contribution in [2.75, 3.05) is 13.1 Å². The summed E-state index contributed by atoms with van der Waals surface area (Å²) in [5, 5.41) is 3.96. The summed E-state index contributed by atoms with van der Waals surface area (Å²) < 4.78 is 32.5. The van der Waals surface area contributed by atoms with Gasteiger partial charge >= 0.3 is 6.09 Å². The number of pyridine rings is 1. The number of hydrogen-bond donors (Lipinski definition) is 1. The van der Waals surface area contributed by atoms with E-state index in [-0.39, 0.29) is 23.1 Å². The number of ether oxygens (including phenoxy) is 1. The molecule has 3 heterocycles. The summed E-state index contributed by atoms with van der Waals surface area (Å²) in [4.78, 5) is 21.6. The predicted octanol–water partition coefficient (Wildman–Crippen LogP) is 3.76. The molecule has 2 aliphatic rings. The summed E-state index contributed by atoms with van der Waals surface area (Å²) in [7, 11) is -3.53. The fraction of sp³-hybridized carbons (Fsp3) is 0.571. The zero-order chi connectivity index (χ0) is 22.0. The lowest BCUT2D eigenvalue weighted by Crippen LogP contribution is -2.42. The van der Waals surface area contributed by atoms with Crippen molar-refractivity contribution in [3.8, 4) is 10.4 Å². The van der Waals surface area contributed by atoms with Crippen molar-refractivity contribution in [2.24, 2.45) is 0 Å². The van der Waals surface area contributed by atoms with Crippen molar-refractivity contribution in [1.82, 2.24) is 19.6 Å². The zero-order valence-electron chi connectivity index (χ0n) is 17.8. The van der Waals surface area contributed by atoms with E-state index in [4.69, 9.17) is 4.74 Å². The maximum Gasteiger partial charge on any atom is 0.407 e. The minimum Gasteiger partial charge on any atom is -0.447 e. The number of carbonyl (C=O) groups is 1. The molecule has 1 aliphatic carbocycles. The summed E-state index contributed by atoms with van der Waals surface area (Å²) in [6.45, 7) is 4.79. The van der Waals surface area contributed by atoms with E-state index in [0.29, 0.717) is 24.6 Å². The van der Waals surface area contributed by atoms with E-state index in [1.165, 1.54) is 10.5 Å². The Hall–Kier alpha value is -2.04. The van der Waals surface area contributed by atoms with Gasteiger partial charge in [-0.25, -0.2) is 18.2 Å². The van der Waals surface area contributed by atoms with Gasteiger partial charge in [-0.3, -0.25) is 4.98 Å². The second kappa shape index (κ2) is 9.22. The van der Waals surface area contributed by atoms with Crippen LogP contribution >= 0.6 is 11.3 Å². The predicted molar refractivity (Wildman–Crippen MR) is 118 cm³/mol. The van der Waals surface area contributed by atoms with E-state index in [2.05, 4.69) is 15.3 Å². The van der Waals surface area contributed by atoms with Crippen molar-refractivity contribution >= 4 is 27.5 Å². The van der Waals surface area contributed by atoms with E-state index in [1.807, 2.05) is 13.8 Å². The van der Waals surface area contributed by atoms with Gasteiger partial charge < -0.3 is 10.1 Å². The van der Waals surface area contributed by atoms with E-state index >= 15 is 0 Å². The van der Waals surface area contributed by atoms with Gasteiger partial charge in [0.15, 0.2) is 0 Å². The summed E-state index contributed by atoms with van der Waals surface area (Å²) in [6, 6.07) is 1.88. The Balaban J connectivity index is 1.44. The molecular weight excluding hydrogens is 436 g/mol. The van der Waals surface area contributed by atoms with Gasteiger partial charge in [-0.1, -0.05) is 0 Å². The number of thiazole rings is 1. The van der Waals surface area contributed by atoms with Gasteiger partial charge in [0.2, 0.25) is 10.0 Å². The third kappa shape index (κ3) is 4.91. The summed E-state index contributed by atoms with van der Waals surface area (Å²) in [6.07, 6.45) is 8.83. The highest BCUT2D eigenvalue weighted by molar-refractivity contribution is 7.89. The van der Waals surface area contributed by atoms with Crippen molar-refractivity contribution in [3.05, 3.63) is 29.7 Å². The lowest BCUT2D eigenvalue weighted by molar-refractivity contribution is 0.109. The molecule has 0 aromatic carbocycles. The van der Waals surface area contributed by atoms with Gasteiger partial charge in [0.05, 0.1) is 16.0 Å². The molecule has 0 atom stereocenters. The average molecular weight is 465 g/mol. The molecule has 1 saturated heterocycles. The Labute approximate surface area is 187 Å². The number of hydrogen-bond acceptors (Lipinski definition) is 7. The van der Waals surface area contributed by atoms with Crippen LogP contribution in [0.25, 0.3) is 10.4 Å². The number of nitrogens with zero attached hydrogens (tertiary/aromatic N) is 3. The Bertz CT molecular complexity index is 1030. The number of amides is 1. The smallest absolute Gasteiger partial charge is 0.407 e. The number of sulfonamides is 1.